The third kappa shape index (κ3) is 4.65. The van der Waals surface area contributed by atoms with Crippen LogP contribution in [-0.2, 0) is 4.74 Å². The van der Waals surface area contributed by atoms with Crippen molar-refractivity contribution in [2.45, 2.75) is 77.9 Å². The van der Waals surface area contributed by atoms with E-state index >= 15 is 0 Å². The molecule has 1 saturated heterocycles. The van der Waals surface area contributed by atoms with Crippen molar-refractivity contribution in [2.75, 3.05) is 13.1 Å². The molecule has 0 saturated carbocycles. The molecular weight excluding hydrogens is 252 g/mol. The zero-order valence-corrected chi connectivity index (χ0v) is 13.9. The van der Waals surface area contributed by atoms with Crippen LogP contribution in [0.15, 0.2) is 0 Å². The molecule has 2 N–H and O–H groups in total. The molecule has 1 aliphatic heterocycles. The van der Waals surface area contributed by atoms with Crippen molar-refractivity contribution in [3.05, 3.63) is 0 Å². The molecule has 2 atom stereocenters. The molecule has 0 aromatic rings. The van der Waals surface area contributed by atoms with Crippen LogP contribution in [0, 0.1) is 5.92 Å². The molecule has 1 aliphatic rings. The fourth-order valence-electron chi connectivity index (χ4n) is 3.26. The molecule has 0 aromatic heterocycles. The first kappa shape index (κ1) is 17.3. The molecule has 0 bridgehead atoms. The Bertz CT molecular complexity index is 325. The second kappa shape index (κ2) is 6.79. The molecule has 118 valence electrons. The number of nitrogens with zero attached hydrogens (tertiary/aromatic N) is 1. The van der Waals surface area contributed by atoms with Crippen molar-refractivity contribution in [1.82, 2.24) is 4.90 Å². The van der Waals surface area contributed by atoms with Crippen LogP contribution in [0.5, 0.6) is 0 Å². The molecule has 1 fully saturated rings. The lowest BCUT2D eigenvalue weighted by Gasteiger charge is -2.36. The van der Waals surface area contributed by atoms with Gasteiger partial charge in [0.1, 0.15) is 5.60 Å². The van der Waals surface area contributed by atoms with Crippen LogP contribution < -0.4 is 5.73 Å². The predicted octanol–water partition coefficient (Wildman–Crippen LogP) is 3.54. The van der Waals surface area contributed by atoms with E-state index < -0.39 is 5.60 Å². The van der Waals surface area contributed by atoms with Crippen molar-refractivity contribution >= 4 is 6.09 Å². The molecule has 20 heavy (non-hydrogen) atoms. The van der Waals surface area contributed by atoms with Crippen molar-refractivity contribution in [2.24, 2.45) is 11.7 Å². The Labute approximate surface area is 124 Å². The summed E-state index contributed by atoms with van der Waals surface area (Å²) in [7, 11) is 0. The summed E-state index contributed by atoms with van der Waals surface area (Å²) in [6, 6.07) is 0. The van der Waals surface area contributed by atoms with Crippen LogP contribution in [-0.4, -0.2) is 35.2 Å². The molecule has 0 radical (unpaired) electrons. The Hall–Kier alpha value is -0.770. The highest BCUT2D eigenvalue weighted by Crippen LogP contribution is 2.39. The highest BCUT2D eigenvalue weighted by atomic mass is 16.6. The van der Waals surface area contributed by atoms with E-state index in [1.165, 1.54) is 0 Å². The van der Waals surface area contributed by atoms with E-state index in [2.05, 4.69) is 13.8 Å². The number of nitrogens with two attached hydrogens (primary N) is 1. The van der Waals surface area contributed by atoms with Crippen LogP contribution in [0.2, 0.25) is 0 Å². The Morgan fingerprint density at radius 2 is 2.10 bits per heavy atom. The van der Waals surface area contributed by atoms with Crippen LogP contribution in [0.4, 0.5) is 4.79 Å². The summed E-state index contributed by atoms with van der Waals surface area (Å²) in [6.07, 6.45) is 5.17. The molecule has 4 heteroatoms. The number of carbonyl (C=O) groups is 1. The van der Waals surface area contributed by atoms with Gasteiger partial charge in [-0.2, -0.15) is 0 Å². The highest BCUT2D eigenvalue weighted by Gasteiger charge is 2.44. The summed E-state index contributed by atoms with van der Waals surface area (Å²) in [5, 5.41) is 0. The van der Waals surface area contributed by atoms with E-state index in [-0.39, 0.29) is 11.6 Å². The van der Waals surface area contributed by atoms with Crippen LogP contribution >= 0.6 is 0 Å². The van der Waals surface area contributed by atoms with E-state index in [4.69, 9.17) is 10.5 Å². The van der Waals surface area contributed by atoms with Gasteiger partial charge in [0.05, 0.1) is 0 Å². The molecule has 0 spiro atoms. The molecular formula is C16H32N2O2. The second-order valence-corrected chi connectivity index (χ2v) is 7.34. The molecule has 1 heterocycles. The standard InChI is InChI=1S/C16H32N2O2/c1-6-9-16(5)11-13(8-7-10-17)12-18(16)14(19)20-15(2,3)4/h13H,6-12,17H2,1-5H3. The number of likely N-dealkylation sites (tertiary alicyclic amines) is 1. The lowest BCUT2D eigenvalue weighted by atomic mass is 9.88. The Balaban J connectivity index is 2.76. The fraction of sp³-hybridized carbons (Fsp3) is 0.938. The molecule has 0 aliphatic carbocycles. The summed E-state index contributed by atoms with van der Waals surface area (Å²) in [5.41, 5.74) is 5.12. The average molecular weight is 284 g/mol. The van der Waals surface area contributed by atoms with E-state index in [9.17, 15) is 4.79 Å². The number of hydrogen-bond donors (Lipinski definition) is 1. The molecule has 2 unspecified atom stereocenters. The lowest BCUT2D eigenvalue weighted by molar-refractivity contribution is 0.00905. The van der Waals surface area contributed by atoms with Gasteiger partial charge in [-0.1, -0.05) is 13.3 Å². The topological polar surface area (TPSA) is 55.6 Å². The van der Waals surface area contributed by atoms with Crippen molar-refractivity contribution in [3.63, 3.8) is 0 Å². The summed E-state index contributed by atoms with van der Waals surface area (Å²) in [6.45, 7) is 11.7. The maximum atomic E-state index is 12.4. The van der Waals surface area contributed by atoms with E-state index in [1.807, 2.05) is 25.7 Å². The molecule has 1 rings (SSSR count). The van der Waals surface area contributed by atoms with Gasteiger partial charge in [-0.25, -0.2) is 4.79 Å². The van der Waals surface area contributed by atoms with Gasteiger partial charge in [-0.05, 0) is 65.8 Å². The maximum absolute atomic E-state index is 12.4. The smallest absolute Gasteiger partial charge is 0.410 e. The van der Waals surface area contributed by atoms with Gasteiger partial charge in [0.2, 0.25) is 0 Å². The van der Waals surface area contributed by atoms with Gasteiger partial charge in [0.15, 0.2) is 0 Å². The SMILES string of the molecule is CCCC1(C)CC(CCCN)CN1C(=O)OC(C)(C)C. The fourth-order valence-corrected chi connectivity index (χ4v) is 3.26. The quantitative estimate of drug-likeness (QED) is 0.840. The molecule has 0 aromatic carbocycles. The number of amides is 1. The summed E-state index contributed by atoms with van der Waals surface area (Å²) >= 11 is 0. The zero-order chi connectivity index (χ0) is 15.4. The minimum absolute atomic E-state index is 0.0592. The zero-order valence-electron chi connectivity index (χ0n) is 13.9. The first-order valence-corrected chi connectivity index (χ1v) is 7.92. The maximum Gasteiger partial charge on any atom is 0.410 e. The first-order valence-electron chi connectivity index (χ1n) is 7.92. The van der Waals surface area contributed by atoms with Crippen LogP contribution in [0.1, 0.15) is 66.7 Å². The number of carbonyl (C=O) groups excluding carboxylic acids is 1. The normalized spacial score (nSPS) is 26.9. The van der Waals surface area contributed by atoms with Crippen LogP contribution in [0.25, 0.3) is 0 Å². The van der Waals surface area contributed by atoms with E-state index in [0.717, 1.165) is 45.2 Å². The average Bonchev–Trinajstić information content (AvgIpc) is 2.62. The predicted molar refractivity (Wildman–Crippen MR) is 82.6 cm³/mol. The number of hydrogen-bond acceptors (Lipinski definition) is 3. The van der Waals surface area contributed by atoms with Crippen molar-refractivity contribution in [3.8, 4) is 0 Å². The van der Waals surface area contributed by atoms with Crippen molar-refractivity contribution in [1.29, 1.82) is 0 Å². The van der Waals surface area contributed by atoms with Crippen LogP contribution in [0.3, 0.4) is 0 Å². The van der Waals surface area contributed by atoms with Gasteiger partial charge in [-0.3, -0.25) is 0 Å². The van der Waals surface area contributed by atoms with Gasteiger partial charge in [0.25, 0.3) is 0 Å². The summed E-state index contributed by atoms with van der Waals surface area (Å²) in [4.78, 5) is 14.4. The Morgan fingerprint density at radius 1 is 1.45 bits per heavy atom. The minimum atomic E-state index is -0.431. The number of rotatable bonds is 5. The third-order valence-electron chi connectivity index (χ3n) is 4.04. The van der Waals surface area contributed by atoms with Gasteiger partial charge in [0, 0.05) is 12.1 Å². The van der Waals surface area contributed by atoms with E-state index in [1.54, 1.807) is 0 Å². The summed E-state index contributed by atoms with van der Waals surface area (Å²) in [5.74, 6) is 0.558. The van der Waals surface area contributed by atoms with Gasteiger partial charge >= 0.3 is 6.09 Å². The van der Waals surface area contributed by atoms with Crippen molar-refractivity contribution < 1.29 is 9.53 Å². The van der Waals surface area contributed by atoms with E-state index in [0.29, 0.717) is 5.92 Å². The highest BCUT2D eigenvalue weighted by molar-refractivity contribution is 5.69. The number of ether oxygens (including phenoxy) is 1. The largest absolute Gasteiger partial charge is 0.444 e. The Morgan fingerprint density at radius 3 is 2.60 bits per heavy atom. The molecule has 1 amide bonds. The second-order valence-electron chi connectivity index (χ2n) is 7.34. The summed E-state index contributed by atoms with van der Waals surface area (Å²) < 4.78 is 5.58. The first-order chi connectivity index (χ1) is 9.22. The lowest BCUT2D eigenvalue weighted by Crippen LogP contribution is -2.47. The van der Waals surface area contributed by atoms with Gasteiger partial charge in [-0.15, -0.1) is 0 Å². The Kier molecular flexibility index (Phi) is 5.87. The minimum Gasteiger partial charge on any atom is -0.444 e. The monoisotopic (exact) mass is 284 g/mol. The van der Waals surface area contributed by atoms with Gasteiger partial charge < -0.3 is 15.4 Å². The molecule has 4 nitrogen and oxygen atoms in total. The third-order valence-corrected chi connectivity index (χ3v) is 4.04.